The van der Waals surface area contributed by atoms with Gasteiger partial charge in [-0.1, -0.05) is 11.6 Å². The van der Waals surface area contributed by atoms with Crippen molar-refractivity contribution in [2.45, 2.75) is 20.8 Å². The van der Waals surface area contributed by atoms with Gasteiger partial charge in [0.05, 0.1) is 23.1 Å². The zero-order valence-electron chi connectivity index (χ0n) is 11.3. The van der Waals surface area contributed by atoms with Crippen LogP contribution in [0, 0.1) is 20.8 Å². The molecule has 0 unspecified atom stereocenters. The SMILES string of the molecule is Cc1cc(NC(=O)c2c(C)nn(C)c2C)cnc1Cl. The molecule has 2 heterocycles. The van der Waals surface area contributed by atoms with Crippen LogP contribution in [0.25, 0.3) is 0 Å². The summed E-state index contributed by atoms with van der Waals surface area (Å²) in [5.74, 6) is -0.188. The van der Waals surface area contributed by atoms with Gasteiger partial charge in [0.25, 0.3) is 5.91 Å². The first-order valence-corrected chi connectivity index (χ1v) is 6.21. The van der Waals surface area contributed by atoms with Gasteiger partial charge in [-0.15, -0.1) is 0 Å². The number of rotatable bonds is 2. The normalized spacial score (nSPS) is 10.6. The summed E-state index contributed by atoms with van der Waals surface area (Å²) >= 11 is 5.85. The number of amides is 1. The van der Waals surface area contributed by atoms with E-state index in [1.807, 2.05) is 27.8 Å². The first kappa shape index (κ1) is 13.5. The monoisotopic (exact) mass is 278 g/mol. The molecule has 2 rings (SSSR count). The Labute approximate surface area is 116 Å². The van der Waals surface area contributed by atoms with Gasteiger partial charge < -0.3 is 5.32 Å². The fourth-order valence-corrected chi connectivity index (χ4v) is 2.03. The number of anilines is 1. The average Bonchev–Trinajstić information content (AvgIpc) is 2.58. The summed E-state index contributed by atoms with van der Waals surface area (Å²) in [6.45, 7) is 5.51. The van der Waals surface area contributed by atoms with Gasteiger partial charge in [0.2, 0.25) is 0 Å². The summed E-state index contributed by atoms with van der Waals surface area (Å²) in [6.07, 6.45) is 1.54. The molecule has 6 heteroatoms. The lowest BCUT2D eigenvalue weighted by Gasteiger charge is -2.06. The lowest BCUT2D eigenvalue weighted by molar-refractivity contribution is 0.102. The molecule has 0 atom stereocenters. The maximum Gasteiger partial charge on any atom is 0.259 e. The third-order valence-electron chi connectivity index (χ3n) is 3.01. The molecule has 100 valence electrons. The zero-order valence-corrected chi connectivity index (χ0v) is 12.0. The molecule has 1 amide bonds. The van der Waals surface area contributed by atoms with E-state index in [9.17, 15) is 4.79 Å². The molecule has 0 aliphatic rings. The number of aryl methyl sites for hydroxylation is 3. The molecule has 1 N–H and O–H groups in total. The van der Waals surface area contributed by atoms with Crippen molar-refractivity contribution in [1.29, 1.82) is 0 Å². The summed E-state index contributed by atoms with van der Waals surface area (Å²) in [5.41, 5.74) is 3.56. The van der Waals surface area contributed by atoms with Gasteiger partial charge in [0.15, 0.2) is 0 Å². The molecule has 0 bridgehead atoms. The average molecular weight is 279 g/mol. The smallest absolute Gasteiger partial charge is 0.259 e. The fourth-order valence-electron chi connectivity index (χ4n) is 1.92. The highest BCUT2D eigenvalue weighted by Gasteiger charge is 2.17. The lowest BCUT2D eigenvalue weighted by Crippen LogP contribution is -2.14. The number of carbonyl (C=O) groups excluding carboxylic acids is 1. The van der Waals surface area contributed by atoms with Crippen LogP contribution >= 0.6 is 11.6 Å². The Morgan fingerprint density at radius 1 is 1.37 bits per heavy atom. The first-order chi connectivity index (χ1) is 8.90. The molecule has 0 saturated heterocycles. The van der Waals surface area contributed by atoms with Crippen LogP contribution in [0.3, 0.4) is 0 Å². The molecule has 0 fully saturated rings. The van der Waals surface area contributed by atoms with E-state index in [0.717, 1.165) is 11.3 Å². The van der Waals surface area contributed by atoms with Gasteiger partial charge >= 0.3 is 0 Å². The van der Waals surface area contributed by atoms with Crippen molar-refractivity contribution in [3.8, 4) is 0 Å². The molecule has 0 aliphatic heterocycles. The molecule has 2 aromatic heterocycles. The van der Waals surface area contributed by atoms with Crippen molar-refractivity contribution in [1.82, 2.24) is 14.8 Å². The minimum atomic E-state index is -0.188. The number of nitrogens with one attached hydrogen (secondary N) is 1. The molecular formula is C13H15ClN4O. The Balaban J connectivity index is 2.28. The fraction of sp³-hybridized carbons (Fsp3) is 0.308. The van der Waals surface area contributed by atoms with E-state index in [1.165, 1.54) is 6.20 Å². The molecule has 0 saturated carbocycles. The van der Waals surface area contributed by atoms with Gasteiger partial charge in [-0.05, 0) is 32.4 Å². The Morgan fingerprint density at radius 3 is 2.58 bits per heavy atom. The summed E-state index contributed by atoms with van der Waals surface area (Å²) in [7, 11) is 1.81. The van der Waals surface area contributed by atoms with E-state index in [4.69, 9.17) is 11.6 Å². The topological polar surface area (TPSA) is 59.8 Å². The second kappa shape index (κ2) is 5.01. The van der Waals surface area contributed by atoms with Crippen molar-refractivity contribution in [3.05, 3.63) is 39.9 Å². The highest BCUT2D eigenvalue weighted by atomic mass is 35.5. The van der Waals surface area contributed by atoms with Gasteiger partial charge in [-0.25, -0.2) is 4.98 Å². The van der Waals surface area contributed by atoms with Crippen LogP contribution in [-0.4, -0.2) is 20.7 Å². The highest BCUT2D eigenvalue weighted by Crippen LogP contribution is 2.18. The van der Waals surface area contributed by atoms with Crippen LogP contribution < -0.4 is 5.32 Å². The Kier molecular flexibility index (Phi) is 3.57. The quantitative estimate of drug-likeness (QED) is 0.859. The van der Waals surface area contributed by atoms with E-state index in [0.29, 0.717) is 22.1 Å². The van der Waals surface area contributed by atoms with E-state index in [-0.39, 0.29) is 5.91 Å². The second-order valence-corrected chi connectivity index (χ2v) is 4.81. The number of carbonyl (C=O) groups is 1. The predicted molar refractivity (Wildman–Crippen MR) is 74.6 cm³/mol. The number of aromatic nitrogens is 3. The second-order valence-electron chi connectivity index (χ2n) is 4.46. The minimum Gasteiger partial charge on any atom is -0.320 e. The maximum atomic E-state index is 12.2. The van der Waals surface area contributed by atoms with E-state index in [1.54, 1.807) is 10.7 Å². The maximum absolute atomic E-state index is 12.2. The molecule has 5 nitrogen and oxygen atoms in total. The Bertz CT molecular complexity index is 648. The van der Waals surface area contributed by atoms with Gasteiger partial charge in [0, 0.05) is 12.7 Å². The largest absolute Gasteiger partial charge is 0.320 e. The van der Waals surface area contributed by atoms with E-state index < -0.39 is 0 Å². The number of pyridine rings is 1. The molecule has 0 aromatic carbocycles. The predicted octanol–water partition coefficient (Wildman–Crippen LogP) is 2.65. The van der Waals surface area contributed by atoms with E-state index >= 15 is 0 Å². The van der Waals surface area contributed by atoms with Crippen LogP contribution in [0.5, 0.6) is 0 Å². The van der Waals surface area contributed by atoms with Gasteiger partial charge in [0.1, 0.15) is 5.15 Å². The highest BCUT2D eigenvalue weighted by molar-refractivity contribution is 6.30. The van der Waals surface area contributed by atoms with Crippen LogP contribution in [0.15, 0.2) is 12.3 Å². The van der Waals surface area contributed by atoms with E-state index in [2.05, 4.69) is 15.4 Å². The van der Waals surface area contributed by atoms with Gasteiger partial charge in [-0.2, -0.15) is 5.10 Å². The molecule has 0 aliphatic carbocycles. The lowest BCUT2D eigenvalue weighted by atomic mass is 10.2. The Morgan fingerprint density at radius 2 is 2.05 bits per heavy atom. The van der Waals surface area contributed by atoms with Crippen molar-refractivity contribution < 1.29 is 4.79 Å². The van der Waals surface area contributed by atoms with Crippen molar-refractivity contribution in [2.75, 3.05) is 5.32 Å². The number of hydrogen-bond donors (Lipinski definition) is 1. The first-order valence-electron chi connectivity index (χ1n) is 5.84. The molecule has 0 spiro atoms. The summed E-state index contributed by atoms with van der Waals surface area (Å²) < 4.78 is 1.69. The number of hydrogen-bond acceptors (Lipinski definition) is 3. The van der Waals surface area contributed by atoms with Crippen LogP contribution in [0.2, 0.25) is 5.15 Å². The summed E-state index contributed by atoms with van der Waals surface area (Å²) in [5, 5.41) is 7.47. The minimum absolute atomic E-state index is 0.188. The third kappa shape index (κ3) is 2.61. The zero-order chi connectivity index (χ0) is 14.2. The number of nitrogens with zero attached hydrogens (tertiary/aromatic N) is 3. The van der Waals surface area contributed by atoms with Crippen molar-refractivity contribution in [3.63, 3.8) is 0 Å². The van der Waals surface area contributed by atoms with Crippen molar-refractivity contribution >= 4 is 23.2 Å². The van der Waals surface area contributed by atoms with Crippen LogP contribution in [0.1, 0.15) is 27.3 Å². The molecule has 19 heavy (non-hydrogen) atoms. The third-order valence-corrected chi connectivity index (χ3v) is 3.40. The summed E-state index contributed by atoms with van der Waals surface area (Å²) in [4.78, 5) is 16.2. The van der Waals surface area contributed by atoms with Crippen LogP contribution in [-0.2, 0) is 7.05 Å². The standard InChI is InChI=1S/C13H15ClN4O/c1-7-5-10(6-15-12(7)14)16-13(19)11-8(2)17-18(4)9(11)3/h5-6H,1-4H3,(H,16,19). The Hall–Kier alpha value is -1.88. The molecule has 2 aromatic rings. The van der Waals surface area contributed by atoms with Crippen LogP contribution in [0.4, 0.5) is 5.69 Å². The summed E-state index contributed by atoms with van der Waals surface area (Å²) in [6, 6.07) is 1.79. The van der Waals surface area contributed by atoms with Crippen molar-refractivity contribution in [2.24, 2.45) is 7.05 Å². The number of halogens is 1. The molecular weight excluding hydrogens is 264 g/mol. The molecule has 0 radical (unpaired) electrons. The van der Waals surface area contributed by atoms with Gasteiger partial charge in [-0.3, -0.25) is 9.48 Å².